The molecule has 2 aliphatic heterocycles. The first-order valence-corrected chi connectivity index (χ1v) is 9.45. The van der Waals surface area contributed by atoms with Gasteiger partial charge >= 0.3 is 0 Å². The number of carbonyl (C=O) groups is 1. The standard InChI is InChI=1S/C18H28N4O2/c1-24-12-14-11-21(20-19-14)17-9-15-6-7-16(10-17)22(15)18(23)8-13-4-2-3-5-13/h11,13,15-17H,2-10,12H2,1H3. The number of carbonyl (C=O) groups excluding carboxylic acids is 1. The second-order valence-electron chi connectivity index (χ2n) is 7.79. The van der Waals surface area contributed by atoms with Crippen molar-refractivity contribution in [3.63, 3.8) is 0 Å². The molecule has 2 saturated heterocycles. The van der Waals surface area contributed by atoms with Crippen molar-refractivity contribution in [2.24, 2.45) is 5.92 Å². The van der Waals surface area contributed by atoms with Gasteiger partial charge in [0, 0.05) is 25.6 Å². The molecule has 2 bridgehead atoms. The first kappa shape index (κ1) is 16.1. The Kier molecular flexibility index (Phi) is 4.57. The van der Waals surface area contributed by atoms with Gasteiger partial charge in [-0.1, -0.05) is 18.1 Å². The van der Waals surface area contributed by atoms with Crippen LogP contribution in [0.2, 0.25) is 0 Å². The first-order valence-electron chi connectivity index (χ1n) is 9.45. The lowest BCUT2D eigenvalue weighted by molar-refractivity contribution is -0.137. The Hall–Kier alpha value is -1.43. The maximum Gasteiger partial charge on any atom is 0.223 e. The molecule has 3 heterocycles. The Morgan fingerprint density at radius 2 is 1.88 bits per heavy atom. The monoisotopic (exact) mass is 332 g/mol. The van der Waals surface area contributed by atoms with E-state index in [1.807, 2.05) is 10.9 Å². The van der Waals surface area contributed by atoms with Gasteiger partial charge in [-0.15, -0.1) is 5.10 Å². The molecule has 6 heteroatoms. The molecule has 4 rings (SSSR count). The van der Waals surface area contributed by atoms with Crippen LogP contribution >= 0.6 is 0 Å². The van der Waals surface area contributed by atoms with Crippen LogP contribution in [0.15, 0.2) is 6.20 Å². The molecular weight excluding hydrogens is 304 g/mol. The van der Waals surface area contributed by atoms with Crippen molar-refractivity contribution < 1.29 is 9.53 Å². The molecule has 1 aromatic heterocycles. The lowest BCUT2D eigenvalue weighted by Crippen LogP contribution is -2.47. The minimum absolute atomic E-state index is 0.371. The number of hydrogen-bond donors (Lipinski definition) is 0. The fourth-order valence-electron chi connectivity index (χ4n) is 5.04. The van der Waals surface area contributed by atoms with Crippen LogP contribution in [-0.2, 0) is 16.1 Å². The molecule has 0 radical (unpaired) electrons. The Morgan fingerprint density at radius 1 is 1.17 bits per heavy atom. The lowest BCUT2D eigenvalue weighted by atomic mass is 9.95. The second-order valence-corrected chi connectivity index (χ2v) is 7.79. The zero-order chi connectivity index (χ0) is 16.5. The van der Waals surface area contributed by atoms with E-state index in [4.69, 9.17) is 4.74 Å². The number of amides is 1. The highest BCUT2D eigenvalue weighted by Gasteiger charge is 2.44. The molecule has 3 aliphatic rings. The number of methoxy groups -OCH3 is 1. The molecule has 1 aromatic rings. The Bertz CT molecular complexity index is 567. The SMILES string of the molecule is COCc1cn(C2CC3CCC(C2)N3C(=O)CC2CCCC2)nn1. The summed E-state index contributed by atoms with van der Waals surface area (Å²) in [5.41, 5.74) is 0.879. The molecule has 3 fully saturated rings. The van der Waals surface area contributed by atoms with E-state index in [-0.39, 0.29) is 0 Å². The van der Waals surface area contributed by atoms with Crippen molar-refractivity contribution in [1.29, 1.82) is 0 Å². The maximum absolute atomic E-state index is 12.8. The number of rotatable bonds is 5. The predicted octanol–water partition coefficient (Wildman–Crippen LogP) is 2.70. The molecule has 1 saturated carbocycles. The van der Waals surface area contributed by atoms with Crippen LogP contribution in [0, 0.1) is 5.92 Å². The van der Waals surface area contributed by atoms with Gasteiger partial charge in [-0.05, 0) is 44.4 Å². The van der Waals surface area contributed by atoms with Crippen molar-refractivity contribution in [1.82, 2.24) is 19.9 Å². The molecule has 24 heavy (non-hydrogen) atoms. The molecule has 6 nitrogen and oxygen atoms in total. The van der Waals surface area contributed by atoms with Gasteiger partial charge in [0.2, 0.25) is 5.91 Å². The van der Waals surface area contributed by atoms with Crippen LogP contribution in [-0.4, -0.2) is 45.0 Å². The van der Waals surface area contributed by atoms with E-state index in [1.165, 1.54) is 25.7 Å². The smallest absolute Gasteiger partial charge is 0.223 e. The van der Waals surface area contributed by atoms with E-state index in [2.05, 4.69) is 15.2 Å². The summed E-state index contributed by atoms with van der Waals surface area (Å²) in [6.45, 7) is 0.506. The zero-order valence-corrected chi connectivity index (χ0v) is 14.6. The topological polar surface area (TPSA) is 60.2 Å². The van der Waals surface area contributed by atoms with Crippen LogP contribution in [0.3, 0.4) is 0 Å². The minimum atomic E-state index is 0.371. The van der Waals surface area contributed by atoms with Crippen molar-refractivity contribution >= 4 is 5.91 Å². The molecule has 0 aromatic carbocycles. The number of ether oxygens (including phenoxy) is 1. The van der Waals surface area contributed by atoms with Crippen LogP contribution in [0.25, 0.3) is 0 Å². The van der Waals surface area contributed by atoms with Gasteiger partial charge in [-0.25, -0.2) is 4.68 Å². The molecular formula is C18H28N4O2. The van der Waals surface area contributed by atoms with E-state index in [0.29, 0.717) is 36.6 Å². The number of fused-ring (bicyclic) bond motifs is 2. The molecule has 1 aliphatic carbocycles. The van der Waals surface area contributed by atoms with Gasteiger partial charge in [0.05, 0.1) is 18.8 Å². The third kappa shape index (κ3) is 3.08. The fraction of sp³-hybridized carbons (Fsp3) is 0.833. The van der Waals surface area contributed by atoms with Crippen LogP contribution in [0.1, 0.15) is 69.5 Å². The maximum atomic E-state index is 12.8. The van der Waals surface area contributed by atoms with E-state index in [1.54, 1.807) is 7.11 Å². The fourth-order valence-corrected chi connectivity index (χ4v) is 5.04. The van der Waals surface area contributed by atoms with Crippen molar-refractivity contribution in [2.75, 3.05) is 7.11 Å². The molecule has 0 spiro atoms. The summed E-state index contributed by atoms with van der Waals surface area (Å²) < 4.78 is 7.12. The highest BCUT2D eigenvalue weighted by Crippen LogP contribution is 2.41. The predicted molar refractivity (Wildman–Crippen MR) is 89.2 cm³/mol. The number of aromatic nitrogens is 3. The number of nitrogens with zero attached hydrogens (tertiary/aromatic N) is 4. The summed E-state index contributed by atoms with van der Waals surface area (Å²) in [6.07, 6.45) is 12.2. The van der Waals surface area contributed by atoms with Crippen molar-refractivity contribution in [2.45, 2.75) is 82.5 Å². The molecule has 2 atom stereocenters. The summed E-state index contributed by atoms with van der Waals surface area (Å²) in [7, 11) is 1.67. The molecule has 1 amide bonds. The largest absolute Gasteiger partial charge is 0.378 e. The summed E-state index contributed by atoms with van der Waals surface area (Å²) in [4.78, 5) is 15.1. The van der Waals surface area contributed by atoms with Gasteiger partial charge < -0.3 is 9.64 Å². The number of piperidine rings is 1. The average Bonchev–Trinajstić information content (AvgIpc) is 3.28. The first-order chi connectivity index (χ1) is 11.7. The quantitative estimate of drug-likeness (QED) is 0.832. The third-order valence-electron chi connectivity index (χ3n) is 6.16. The molecule has 132 valence electrons. The van der Waals surface area contributed by atoms with Crippen LogP contribution in [0.5, 0.6) is 0 Å². The summed E-state index contributed by atoms with van der Waals surface area (Å²) in [5.74, 6) is 1.05. The van der Waals surface area contributed by atoms with Gasteiger partial charge in [0.15, 0.2) is 0 Å². The van der Waals surface area contributed by atoms with E-state index >= 15 is 0 Å². The van der Waals surface area contributed by atoms with E-state index < -0.39 is 0 Å². The summed E-state index contributed by atoms with van der Waals surface area (Å²) in [6, 6.07) is 1.17. The van der Waals surface area contributed by atoms with E-state index in [0.717, 1.165) is 37.8 Å². The summed E-state index contributed by atoms with van der Waals surface area (Å²) in [5, 5.41) is 8.47. The normalized spacial score (nSPS) is 30.2. The Morgan fingerprint density at radius 3 is 2.54 bits per heavy atom. The second kappa shape index (κ2) is 6.82. The van der Waals surface area contributed by atoms with Gasteiger partial charge in [0.1, 0.15) is 5.69 Å². The Balaban J connectivity index is 1.40. The van der Waals surface area contributed by atoms with Crippen molar-refractivity contribution in [3.8, 4) is 0 Å². The van der Waals surface area contributed by atoms with Crippen LogP contribution < -0.4 is 0 Å². The third-order valence-corrected chi connectivity index (χ3v) is 6.16. The number of hydrogen-bond acceptors (Lipinski definition) is 4. The van der Waals surface area contributed by atoms with E-state index in [9.17, 15) is 4.79 Å². The zero-order valence-electron chi connectivity index (χ0n) is 14.6. The van der Waals surface area contributed by atoms with Gasteiger partial charge in [0.25, 0.3) is 0 Å². The van der Waals surface area contributed by atoms with Crippen molar-refractivity contribution in [3.05, 3.63) is 11.9 Å². The van der Waals surface area contributed by atoms with Gasteiger partial charge in [-0.2, -0.15) is 0 Å². The van der Waals surface area contributed by atoms with Crippen LogP contribution in [0.4, 0.5) is 0 Å². The summed E-state index contributed by atoms with van der Waals surface area (Å²) >= 11 is 0. The highest BCUT2D eigenvalue weighted by molar-refractivity contribution is 5.77. The van der Waals surface area contributed by atoms with Gasteiger partial charge in [-0.3, -0.25) is 4.79 Å². The molecule has 0 N–H and O–H groups in total. The average molecular weight is 332 g/mol. The molecule has 2 unspecified atom stereocenters. The lowest BCUT2D eigenvalue weighted by Gasteiger charge is -2.39. The Labute approximate surface area is 143 Å². The highest BCUT2D eigenvalue weighted by atomic mass is 16.5. The minimum Gasteiger partial charge on any atom is -0.378 e.